The van der Waals surface area contributed by atoms with Crippen LogP contribution in [0, 0.1) is 0 Å². The summed E-state index contributed by atoms with van der Waals surface area (Å²) < 4.78 is 17.1. The molecule has 0 atom stereocenters. The molecule has 0 N–H and O–H groups in total. The molecule has 0 aromatic heterocycles. The minimum absolute atomic E-state index is 0.0665. The third kappa shape index (κ3) is 3.40. The van der Waals surface area contributed by atoms with Gasteiger partial charge in [-0.2, -0.15) is 0 Å². The van der Waals surface area contributed by atoms with Crippen LogP contribution in [0.2, 0.25) is 0 Å². The van der Waals surface area contributed by atoms with E-state index in [0.717, 1.165) is 28.4 Å². The molecule has 5 nitrogen and oxygen atoms in total. The van der Waals surface area contributed by atoms with Crippen molar-refractivity contribution in [2.75, 3.05) is 13.8 Å². The van der Waals surface area contributed by atoms with Crippen LogP contribution in [-0.2, 0) is 11.4 Å². The van der Waals surface area contributed by atoms with Crippen molar-refractivity contribution in [3.63, 3.8) is 0 Å². The van der Waals surface area contributed by atoms with E-state index < -0.39 is 0 Å². The molecule has 2 aromatic rings. The first kappa shape index (κ1) is 16.9. The van der Waals surface area contributed by atoms with Crippen LogP contribution in [-0.4, -0.2) is 29.0 Å². The number of thioether (sulfide) groups is 1. The Morgan fingerprint density at radius 2 is 1.96 bits per heavy atom. The van der Waals surface area contributed by atoms with Crippen LogP contribution in [0.4, 0.5) is 0 Å². The molecule has 132 valence electrons. The first-order chi connectivity index (χ1) is 12.6. The maximum absolute atomic E-state index is 12.0. The van der Waals surface area contributed by atoms with Crippen molar-refractivity contribution in [2.24, 2.45) is 0 Å². The highest BCUT2D eigenvalue weighted by Crippen LogP contribution is 2.33. The summed E-state index contributed by atoms with van der Waals surface area (Å²) in [4.78, 5) is 14.1. The number of likely N-dealkylation sites (N-methyl/N-ethyl adjacent to an activating group) is 1. The summed E-state index contributed by atoms with van der Waals surface area (Å²) in [6, 6.07) is 13.3. The fourth-order valence-corrected chi connectivity index (χ4v) is 3.73. The van der Waals surface area contributed by atoms with Gasteiger partial charge in [0.2, 0.25) is 6.79 Å². The van der Waals surface area contributed by atoms with Gasteiger partial charge in [-0.15, -0.1) is 0 Å². The Bertz CT molecular complexity index is 908. The van der Waals surface area contributed by atoms with Crippen LogP contribution in [0.25, 0.3) is 6.08 Å². The Balaban J connectivity index is 1.40. The van der Waals surface area contributed by atoms with Crippen LogP contribution < -0.4 is 14.2 Å². The molecule has 26 heavy (non-hydrogen) atoms. The largest absolute Gasteiger partial charge is 0.489 e. The number of thiocarbonyl (C=S) groups is 1. The van der Waals surface area contributed by atoms with E-state index in [1.807, 2.05) is 48.5 Å². The lowest BCUT2D eigenvalue weighted by Crippen LogP contribution is -2.22. The van der Waals surface area contributed by atoms with Crippen molar-refractivity contribution in [1.29, 1.82) is 0 Å². The van der Waals surface area contributed by atoms with Crippen LogP contribution in [0.5, 0.6) is 17.2 Å². The molecule has 0 saturated carbocycles. The second-order valence-corrected chi connectivity index (χ2v) is 7.46. The van der Waals surface area contributed by atoms with Crippen molar-refractivity contribution in [2.45, 2.75) is 6.61 Å². The lowest BCUT2D eigenvalue weighted by molar-refractivity contribution is -0.121. The molecular formula is C19H15NO4S2. The molecule has 0 spiro atoms. The summed E-state index contributed by atoms with van der Waals surface area (Å²) in [7, 11) is 1.69. The minimum atomic E-state index is -0.0665. The van der Waals surface area contributed by atoms with E-state index in [1.54, 1.807) is 7.05 Å². The Morgan fingerprint density at radius 3 is 2.69 bits per heavy atom. The highest BCUT2D eigenvalue weighted by Gasteiger charge is 2.28. The highest BCUT2D eigenvalue weighted by atomic mass is 32.2. The van der Waals surface area contributed by atoms with Crippen molar-refractivity contribution in [3.05, 3.63) is 58.5 Å². The first-order valence-electron chi connectivity index (χ1n) is 7.93. The van der Waals surface area contributed by atoms with E-state index in [2.05, 4.69) is 0 Å². The summed E-state index contributed by atoms with van der Waals surface area (Å²) in [5.74, 6) is 2.19. The number of nitrogens with zero attached hydrogens (tertiary/aromatic N) is 1. The summed E-state index contributed by atoms with van der Waals surface area (Å²) in [6.07, 6.45) is 1.84. The molecule has 2 aliphatic rings. The number of benzene rings is 2. The second-order valence-electron chi connectivity index (χ2n) is 5.79. The molecule has 4 rings (SSSR count). The van der Waals surface area contributed by atoms with E-state index in [9.17, 15) is 4.79 Å². The van der Waals surface area contributed by atoms with Crippen LogP contribution in [0.3, 0.4) is 0 Å². The van der Waals surface area contributed by atoms with Crippen molar-refractivity contribution < 1.29 is 19.0 Å². The third-order valence-electron chi connectivity index (χ3n) is 4.01. The summed E-state index contributed by atoms with van der Waals surface area (Å²) in [6.45, 7) is 0.697. The number of hydrogen-bond donors (Lipinski definition) is 0. The molecule has 0 aliphatic carbocycles. The zero-order valence-electron chi connectivity index (χ0n) is 13.9. The number of ether oxygens (including phenoxy) is 3. The Kier molecular flexibility index (Phi) is 4.57. The van der Waals surface area contributed by atoms with Crippen molar-refractivity contribution in [1.82, 2.24) is 4.90 Å². The first-order valence-corrected chi connectivity index (χ1v) is 9.15. The number of amides is 1. The standard InChI is InChI=1S/C19H15NO4S2/c1-20-18(21)17(26-19(20)25)9-12-2-5-14(6-3-12)22-10-13-4-7-15-16(8-13)24-11-23-15/h2-9H,10-11H2,1H3. The van der Waals surface area contributed by atoms with Crippen molar-refractivity contribution >= 4 is 40.3 Å². The highest BCUT2D eigenvalue weighted by molar-refractivity contribution is 8.26. The monoisotopic (exact) mass is 385 g/mol. The van der Waals surface area contributed by atoms with E-state index >= 15 is 0 Å². The SMILES string of the molecule is CN1C(=O)C(=Cc2ccc(OCc3ccc4c(c3)OCO4)cc2)SC1=S. The van der Waals surface area contributed by atoms with Gasteiger partial charge >= 0.3 is 0 Å². The molecular weight excluding hydrogens is 370 g/mol. The van der Waals surface area contributed by atoms with E-state index in [0.29, 0.717) is 15.8 Å². The zero-order chi connectivity index (χ0) is 18.1. The molecule has 2 aliphatic heterocycles. The third-order valence-corrected chi connectivity index (χ3v) is 5.49. The van der Waals surface area contributed by atoms with Gasteiger partial charge in [0.05, 0.1) is 4.91 Å². The zero-order valence-corrected chi connectivity index (χ0v) is 15.6. The minimum Gasteiger partial charge on any atom is -0.489 e. The normalized spacial score (nSPS) is 17.3. The number of carbonyl (C=O) groups excluding carboxylic acids is 1. The summed E-state index contributed by atoms with van der Waals surface area (Å²) >= 11 is 6.45. The smallest absolute Gasteiger partial charge is 0.265 e. The number of rotatable bonds is 4. The predicted octanol–water partition coefficient (Wildman–Crippen LogP) is 3.83. The summed E-state index contributed by atoms with van der Waals surface area (Å²) in [5.41, 5.74) is 1.93. The maximum Gasteiger partial charge on any atom is 0.265 e. The Morgan fingerprint density at radius 1 is 1.19 bits per heavy atom. The van der Waals surface area contributed by atoms with Gasteiger partial charge in [-0.25, -0.2) is 0 Å². The van der Waals surface area contributed by atoms with E-state index in [1.165, 1.54) is 16.7 Å². The molecule has 0 radical (unpaired) electrons. The van der Waals surface area contributed by atoms with Crippen LogP contribution in [0.1, 0.15) is 11.1 Å². The average molecular weight is 385 g/mol. The van der Waals surface area contributed by atoms with Crippen LogP contribution >= 0.6 is 24.0 Å². The lowest BCUT2D eigenvalue weighted by Gasteiger charge is -2.07. The second kappa shape index (κ2) is 7.01. The lowest BCUT2D eigenvalue weighted by atomic mass is 10.2. The van der Waals surface area contributed by atoms with Gasteiger partial charge in [0.15, 0.2) is 11.5 Å². The van der Waals surface area contributed by atoms with Gasteiger partial charge < -0.3 is 14.2 Å². The van der Waals surface area contributed by atoms with Gasteiger partial charge in [0.25, 0.3) is 5.91 Å². The molecule has 2 aromatic carbocycles. The maximum atomic E-state index is 12.0. The molecule has 0 bridgehead atoms. The fourth-order valence-electron chi connectivity index (χ4n) is 2.55. The van der Waals surface area contributed by atoms with Gasteiger partial charge in [0, 0.05) is 7.05 Å². The molecule has 1 saturated heterocycles. The molecule has 1 fully saturated rings. The average Bonchev–Trinajstić information content (AvgIpc) is 3.21. The fraction of sp³-hybridized carbons (Fsp3) is 0.158. The quantitative estimate of drug-likeness (QED) is 0.589. The van der Waals surface area contributed by atoms with Gasteiger partial charge in [-0.1, -0.05) is 42.2 Å². The Labute approximate surface area is 160 Å². The van der Waals surface area contributed by atoms with Crippen molar-refractivity contribution in [3.8, 4) is 17.2 Å². The molecule has 7 heteroatoms. The topological polar surface area (TPSA) is 48.0 Å². The summed E-state index contributed by atoms with van der Waals surface area (Å²) in [5, 5.41) is 0. The van der Waals surface area contributed by atoms with E-state index in [-0.39, 0.29) is 12.7 Å². The van der Waals surface area contributed by atoms with Crippen LogP contribution in [0.15, 0.2) is 47.4 Å². The molecule has 0 unspecified atom stereocenters. The number of fused-ring (bicyclic) bond motifs is 1. The molecule has 1 amide bonds. The predicted molar refractivity (Wildman–Crippen MR) is 104 cm³/mol. The number of carbonyl (C=O) groups is 1. The van der Waals surface area contributed by atoms with Gasteiger partial charge in [-0.05, 0) is 41.5 Å². The van der Waals surface area contributed by atoms with E-state index in [4.69, 9.17) is 26.4 Å². The Hall–Kier alpha value is -2.51. The number of hydrogen-bond acceptors (Lipinski definition) is 6. The van der Waals surface area contributed by atoms with Gasteiger partial charge in [-0.3, -0.25) is 9.69 Å². The van der Waals surface area contributed by atoms with Gasteiger partial charge in [0.1, 0.15) is 16.7 Å². The molecule has 2 heterocycles.